The van der Waals surface area contributed by atoms with Crippen LogP contribution >= 0.6 is 11.3 Å². The van der Waals surface area contributed by atoms with Crippen LogP contribution in [0.3, 0.4) is 0 Å². The van der Waals surface area contributed by atoms with Crippen molar-refractivity contribution < 1.29 is 0 Å². The number of thiazole rings is 1. The quantitative estimate of drug-likeness (QED) is 0.615. The normalized spacial score (nSPS) is 11.5. The number of hydrogen-bond acceptors (Lipinski definition) is 4. The number of aromatic nitrogens is 1. The molecule has 0 unspecified atom stereocenters. The van der Waals surface area contributed by atoms with Gasteiger partial charge in [0.15, 0.2) is 5.96 Å². The van der Waals surface area contributed by atoms with Crippen molar-refractivity contribution in [3.8, 4) is 0 Å². The Morgan fingerprint density at radius 3 is 2.52 bits per heavy atom. The summed E-state index contributed by atoms with van der Waals surface area (Å²) in [7, 11) is 5.92. The molecule has 0 saturated heterocycles. The van der Waals surface area contributed by atoms with E-state index in [1.165, 1.54) is 26.7 Å². The maximum Gasteiger partial charge on any atom is 0.191 e. The van der Waals surface area contributed by atoms with Crippen molar-refractivity contribution in [3.05, 3.63) is 44.9 Å². The van der Waals surface area contributed by atoms with Crippen molar-refractivity contribution in [2.75, 3.05) is 32.6 Å². The summed E-state index contributed by atoms with van der Waals surface area (Å²) >= 11 is 1.77. The van der Waals surface area contributed by atoms with Crippen LogP contribution in [-0.2, 0) is 13.0 Å². The van der Waals surface area contributed by atoms with E-state index in [0.717, 1.165) is 31.2 Å². The van der Waals surface area contributed by atoms with Crippen LogP contribution in [0.1, 0.15) is 26.7 Å². The van der Waals surface area contributed by atoms with Gasteiger partial charge in [-0.15, -0.1) is 11.3 Å². The zero-order valence-electron chi connectivity index (χ0n) is 16.1. The minimum absolute atomic E-state index is 0.759. The molecule has 5 nitrogen and oxygen atoms in total. The molecule has 0 fully saturated rings. The molecule has 2 N–H and O–H groups in total. The first-order valence-electron chi connectivity index (χ1n) is 8.55. The molecule has 0 saturated carbocycles. The lowest BCUT2D eigenvalue weighted by Crippen LogP contribution is -2.38. The number of anilines is 1. The van der Waals surface area contributed by atoms with Crippen LogP contribution in [0.5, 0.6) is 0 Å². The predicted molar refractivity (Wildman–Crippen MR) is 109 cm³/mol. The number of aliphatic imine (C=N–C) groups is 1. The Hall–Kier alpha value is -2.08. The van der Waals surface area contributed by atoms with E-state index in [1.54, 1.807) is 18.4 Å². The fraction of sp³-hybridized carbons (Fsp3) is 0.474. The van der Waals surface area contributed by atoms with Gasteiger partial charge >= 0.3 is 0 Å². The molecule has 25 heavy (non-hydrogen) atoms. The van der Waals surface area contributed by atoms with E-state index in [0.29, 0.717) is 0 Å². The van der Waals surface area contributed by atoms with Gasteiger partial charge in [-0.1, -0.05) is 6.07 Å². The zero-order valence-corrected chi connectivity index (χ0v) is 16.9. The van der Waals surface area contributed by atoms with Crippen LogP contribution in [0.15, 0.2) is 23.2 Å². The van der Waals surface area contributed by atoms with E-state index < -0.39 is 0 Å². The third-order valence-electron chi connectivity index (χ3n) is 4.22. The molecule has 0 spiro atoms. The lowest BCUT2D eigenvalue weighted by atomic mass is 10.1. The van der Waals surface area contributed by atoms with E-state index in [9.17, 15) is 0 Å². The summed E-state index contributed by atoms with van der Waals surface area (Å²) in [4.78, 5) is 12.3. The maximum atomic E-state index is 4.57. The molecular formula is C19H29N5S. The fourth-order valence-corrected chi connectivity index (χ4v) is 3.42. The second-order valence-electron chi connectivity index (χ2n) is 6.36. The van der Waals surface area contributed by atoms with Crippen LogP contribution in [0, 0.1) is 20.8 Å². The third-order valence-corrected chi connectivity index (χ3v) is 5.35. The molecule has 1 aromatic carbocycles. The van der Waals surface area contributed by atoms with Crippen LogP contribution in [-0.4, -0.2) is 38.6 Å². The minimum Gasteiger partial charge on any atom is -0.378 e. The summed E-state index contributed by atoms with van der Waals surface area (Å²) in [6.07, 6.45) is 0.913. The van der Waals surface area contributed by atoms with E-state index in [2.05, 4.69) is 78.6 Å². The maximum absolute atomic E-state index is 4.57. The number of nitrogens with zero attached hydrogens (tertiary/aromatic N) is 3. The van der Waals surface area contributed by atoms with Crippen molar-refractivity contribution in [1.29, 1.82) is 0 Å². The molecule has 2 rings (SSSR count). The summed E-state index contributed by atoms with van der Waals surface area (Å²) in [5, 5.41) is 7.92. The Labute approximate surface area is 155 Å². The monoisotopic (exact) mass is 359 g/mol. The van der Waals surface area contributed by atoms with Gasteiger partial charge in [0.1, 0.15) is 0 Å². The standard InChI is InChI=1S/C19H29N5S/c1-13-11-17(24(5)6)8-7-16(13)12-22-19(20-4)21-10-9-18-23-14(2)15(3)25-18/h7-8,11H,9-10,12H2,1-6H3,(H2,20,21,22). The Kier molecular flexibility index (Phi) is 6.82. The molecule has 0 bridgehead atoms. The summed E-state index contributed by atoms with van der Waals surface area (Å²) in [6.45, 7) is 7.91. The lowest BCUT2D eigenvalue weighted by Gasteiger charge is -2.16. The van der Waals surface area contributed by atoms with Gasteiger partial charge in [-0.05, 0) is 44.0 Å². The third kappa shape index (κ3) is 5.46. The minimum atomic E-state index is 0.759. The number of nitrogens with one attached hydrogen (secondary N) is 2. The van der Waals surface area contributed by atoms with Gasteiger partial charge in [-0.2, -0.15) is 0 Å². The average molecular weight is 360 g/mol. The number of rotatable bonds is 6. The van der Waals surface area contributed by atoms with Crippen molar-refractivity contribution >= 4 is 23.0 Å². The Bertz CT molecular complexity index is 714. The zero-order chi connectivity index (χ0) is 18.4. The largest absolute Gasteiger partial charge is 0.378 e. The number of hydrogen-bond donors (Lipinski definition) is 2. The van der Waals surface area contributed by atoms with Crippen LogP contribution < -0.4 is 15.5 Å². The summed E-state index contributed by atoms with van der Waals surface area (Å²) < 4.78 is 0. The highest BCUT2D eigenvalue weighted by Crippen LogP contribution is 2.17. The summed E-state index contributed by atoms with van der Waals surface area (Å²) in [5.74, 6) is 0.820. The molecule has 6 heteroatoms. The second-order valence-corrected chi connectivity index (χ2v) is 7.64. The predicted octanol–water partition coefficient (Wildman–Crippen LogP) is 3.04. The van der Waals surface area contributed by atoms with Gasteiger partial charge in [0.05, 0.1) is 10.7 Å². The fourth-order valence-electron chi connectivity index (χ4n) is 2.49. The molecule has 0 aliphatic heterocycles. The Balaban J connectivity index is 1.84. The first kappa shape index (κ1) is 19.2. The summed E-state index contributed by atoms with van der Waals surface area (Å²) in [6, 6.07) is 6.53. The second kappa shape index (κ2) is 8.85. The van der Waals surface area contributed by atoms with E-state index in [1.807, 2.05) is 0 Å². The Morgan fingerprint density at radius 2 is 1.96 bits per heavy atom. The Morgan fingerprint density at radius 1 is 1.20 bits per heavy atom. The van der Waals surface area contributed by atoms with E-state index >= 15 is 0 Å². The molecule has 0 amide bonds. The average Bonchev–Trinajstić information content (AvgIpc) is 2.89. The molecule has 2 aromatic rings. The van der Waals surface area contributed by atoms with Gasteiger partial charge in [-0.3, -0.25) is 4.99 Å². The molecule has 0 radical (unpaired) electrons. The number of benzene rings is 1. The smallest absolute Gasteiger partial charge is 0.191 e. The van der Waals surface area contributed by atoms with Crippen molar-refractivity contribution in [2.24, 2.45) is 4.99 Å². The molecule has 1 heterocycles. The van der Waals surface area contributed by atoms with Crippen molar-refractivity contribution in [1.82, 2.24) is 15.6 Å². The topological polar surface area (TPSA) is 52.6 Å². The summed E-state index contributed by atoms with van der Waals surface area (Å²) in [5.41, 5.74) is 4.92. The SMILES string of the molecule is CN=C(NCCc1nc(C)c(C)s1)NCc1ccc(N(C)C)cc1C. The van der Waals surface area contributed by atoms with Gasteiger partial charge in [0, 0.05) is 51.2 Å². The highest BCUT2D eigenvalue weighted by molar-refractivity contribution is 7.11. The molecular weight excluding hydrogens is 330 g/mol. The molecule has 136 valence electrons. The van der Waals surface area contributed by atoms with Gasteiger partial charge in [0.2, 0.25) is 0 Å². The van der Waals surface area contributed by atoms with E-state index in [4.69, 9.17) is 0 Å². The molecule has 0 aliphatic rings. The van der Waals surface area contributed by atoms with E-state index in [-0.39, 0.29) is 0 Å². The van der Waals surface area contributed by atoms with Gasteiger partial charge in [0.25, 0.3) is 0 Å². The van der Waals surface area contributed by atoms with Crippen LogP contribution in [0.2, 0.25) is 0 Å². The molecule has 1 aromatic heterocycles. The van der Waals surface area contributed by atoms with Crippen LogP contribution in [0.25, 0.3) is 0 Å². The number of aryl methyl sites for hydroxylation is 3. The lowest BCUT2D eigenvalue weighted by molar-refractivity contribution is 0.789. The highest BCUT2D eigenvalue weighted by Gasteiger charge is 2.05. The first-order valence-corrected chi connectivity index (χ1v) is 9.36. The van der Waals surface area contributed by atoms with Crippen molar-refractivity contribution in [2.45, 2.75) is 33.7 Å². The van der Waals surface area contributed by atoms with Gasteiger partial charge < -0.3 is 15.5 Å². The van der Waals surface area contributed by atoms with Gasteiger partial charge in [-0.25, -0.2) is 4.98 Å². The molecule has 0 atom stereocenters. The van der Waals surface area contributed by atoms with Crippen molar-refractivity contribution in [3.63, 3.8) is 0 Å². The van der Waals surface area contributed by atoms with Crippen LogP contribution in [0.4, 0.5) is 5.69 Å². The molecule has 0 aliphatic carbocycles. The number of guanidine groups is 1. The first-order chi connectivity index (χ1) is 11.9. The highest BCUT2D eigenvalue weighted by atomic mass is 32.1.